The van der Waals surface area contributed by atoms with Crippen molar-refractivity contribution in [2.24, 2.45) is 16.6 Å². The van der Waals surface area contributed by atoms with E-state index in [0.717, 1.165) is 23.7 Å². The SMILES string of the molecule is Cc1cccnc1CN=C(N)NCC1CCC1.I. The summed E-state index contributed by atoms with van der Waals surface area (Å²) in [7, 11) is 0. The summed E-state index contributed by atoms with van der Waals surface area (Å²) < 4.78 is 0. The quantitative estimate of drug-likeness (QED) is 0.492. The number of hydrogen-bond acceptors (Lipinski definition) is 2. The van der Waals surface area contributed by atoms with Crippen molar-refractivity contribution in [3.63, 3.8) is 0 Å². The minimum Gasteiger partial charge on any atom is -0.370 e. The van der Waals surface area contributed by atoms with Crippen molar-refractivity contribution in [3.8, 4) is 0 Å². The highest BCUT2D eigenvalue weighted by atomic mass is 127. The summed E-state index contributed by atoms with van der Waals surface area (Å²) >= 11 is 0. The molecule has 4 nitrogen and oxygen atoms in total. The van der Waals surface area contributed by atoms with E-state index in [2.05, 4.69) is 15.3 Å². The van der Waals surface area contributed by atoms with Crippen molar-refractivity contribution in [3.05, 3.63) is 29.6 Å². The first-order valence-electron chi connectivity index (χ1n) is 6.20. The fourth-order valence-corrected chi connectivity index (χ4v) is 1.85. The maximum atomic E-state index is 5.81. The molecule has 0 bridgehead atoms. The Balaban J connectivity index is 0.00000162. The predicted molar refractivity (Wildman–Crippen MR) is 85.1 cm³/mol. The molecule has 0 radical (unpaired) electrons. The number of halogens is 1. The molecule has 0 saturated heterocycles. The molecular formula is C13H21IN4. The van der Waals surface area contributed by atoms with E-state index in [0.29, 0.717) is 12.5 Å². The van der Waals surface area contributed by atoms with Gasteiger partial charge in [-0.05, 0) is 37.3 Å². The lowest BCUT2D eigenvalue weighted by molar-refractivity contribution is 0.315. The van der Waals surface area contributed by atoms with Crippen LogP contribution in [0.1, 0.15) is 30.5 Å². The molecule has 1 aromatic rings. The molecule has 5 heteroatoms. The van der Waals surface area contributed by atoms with Gasteiger partial charge in [0, 0.05) is 12.7 Å². The Morgan fingerprint density at radius 1 is 1.56 bits per heavy atom. The molecule has 0 aromatic carbocycles. The summed E-state index contributed by atoms with van der Waals surface area (Å²) in [6.45, 7) is 3.54. The number of rotatable bonds is 4. The zero-order valence-corrected chi connectivity index (χ0v) is 13.1. The normalized spacial score (nSPS) is 15.7. The zero-order chi connectivity index (χ0) is 12.1. The summed E-state index contributed by atoms with van der Waals surface area (Å²) in [6, 6.07) is 3.97. The average molecular weight is 360 g/mol. The summed E-state index contributed by atoms with van der Waals surface area (Å²) in [4.78, 5) is 8.59. The van der Waals surface area contributed by atoms with Crippen LogP contribution in [-0.2, 0) is 6.54 Å². The first kappa shape index (κ1) is 15.2. The summed E-state index contributed by atoms with van der Waals surface area (Å²) in [5.41, 5.74) is 7.95. The van der Waals surface area contributed by atoms with Crippen LogP contribution in [-0.4, -0.2) is 17.5 Å². The Morgan fingerprint density at radius 3 is 2.94 bits per heavy atom. The Labute approximate surface area is 125 Å². The molecular weight excluding hydrogens is 339 g/mol. The van der Waals surface area contributed by atoms with Crippen LogP contribution in [0, 0.1) is 12.8 Å². The van der Waals surface area contributed by atoms with E-state index in [9.17, 15) is 0 Å². The molecule has 1 heterocycles. The van der Waals surface area contributed by atoms with E-state index in [-0.39, 0.29) is 24.0 Å². The molecule has 3 N–H and O–H groups in total. The Morgan fingerprint density at radius 2 is 2.33 bits per heavy atom. The highest BCUT2D eigenvalue weighted by Crippen LogP contribution is 2.24. The molecule has 100 valence electrons. The van der Waals surface area contributed by atoms with E-state index in [1.165, 1.54) is 19.3 Å². The third kappa shape index (κ3) is 4.44. The number of aromatic nitrogens is 1. The van der Waals surface area contributed by atoms with Gasteiger partial charge >= 0.3 is 0 Å². The van der Waals surface area contributed by atoms with Crippen LogP contribution >= 0.6 is 24.0 Å². The van der Waals surface area contributed by atoms with Crippen LogP contribution in [0.25, 0.3) is 0 Å². The molecule has 2 rings (SSSR count). The van der Waals surface area contributed by atoms with Gasteiger partial charge in [-0.15, -0.1) is 24.0 Å². The van der Waals surface area contributed by atoms with Crippen LogP contribution in [0.2, 0.25) is 0 Å². The van der Waals surface area contributed by atoms with Crippen LogP contribution in [0.5, 0.6) is 0 Å². The number of nitrogens with zero attached hydrogens (tertiary/aromatic N) is 2. The lowest BCUT2D eigenvalue weighted by Crippen LogP contribution is -2.37. The van der Waals surface area contributed by atoms with E-state index >= 15 is 0 Å². The van der Waals surface area contributed by atoms with Crippen molar-refractivity contribution in [1.29, 1.82) is 0 Å². The third-order valence-electron chi connectivity index (χ3n) is 3.31. The monoisotopic (exact) mass is 360 g/mol. The van der Waals surface area contributed by atoms with Gasteiger partial charge in [0.1, 0.15) is 0 Å². The molecule has 0 aliphatic heterocycles. The van der Waals surface area contributed by atoms with E-state index in [4.69, 9.17) is 5.73 Å². The van der Waals surface area contributed by atoms with Crippen molar-refractivity contribution >= 4 is 29.9 Å². The van der Waals surface area contributed by atoms with Gasteiger partial charge in [0.05, 0.1) is 12.2 Å². The van der Waals surface area contributed by atoms with Gasteiger partial charge in [0.15, 0.2) is 5.96 Å². The van der Waals surface area contributed by atoms with E-state index in [1.807, 2.05) is 19.1 Å². The molecule has 18 heavy (non-hydrogen) atoms. The minimum absolute atomic E-state index is 0. The fraction of sp³-hybridized carbons (Fsp3) is 0.538. The topological polar surface area (TPSA) is 63.3 Å². The number of nitrogens with two attached hydrogens (primary N) is 1. The Bertz CT molecular complexity index is 402. The number of aryl methyl sites for hydroxylation is 1. The molecule has 1 fully saturated rings. The second-order valence-corrected chi connectivity index (χ2v) is 4.65. The first-order valence-corrected chi connectivity index (χ1v) is 6.20. The second-order valence-electron chi connectivity index (χ2n) is 4.65. The van der Waals surface area contributed by atoms with Crippen molar-refractivity contribution in [1.82, 2.24) is 10.3 Å². The van der Waals surface area contributed by atoms with Gasteiger partial charge in [0.25, 0.3) is 0 Å². The van der Waals surface area contributed by atoms with Gasteiger partial charge in [0.2, 0.25) is 0 Å². The predicted octanol–water partition coefficient (Wildman–Crippen LogP) is 2.21. The zero-order valence-electron chi connectivity index (χ0n) is 10.7. The lowest BCUT2D eigenvalue weighted by atomic mass is 9.85. The number of hydrogen-bond donors (Lipinski definition) is 2. The summed E-state index contributed by atoms with van der Waals surface area (Å²) in [5.74, 6) is 1.32. The maximum absolute atomic E-state index is 5.81. The number of aliphatic imine (C=N–C) groups is 1. The van der Waals surface area contributed by atoms with Crippen molar-refractivity contribution < 1.29 is 0 Å². The highest BCUT2D eigenvalue weighted by Gasteiger charge is 2.16. The van der Waals surface area contributed by atoms with Gasteiger partial charge < -0.3 is 11.1 Å². The second kappa shape index (κ2) is 7.56. The molecule has 1 aromatic heterocycles. The molecule has 0 spiro atoms. The summed E-state index contributed by atoms with van der Waals surface area (Å²) in [5, 5.41) is 3.17. The van der Waals surface area contributed by atoms with Crippen LogP contribution in [0.15, 0.2) is 23.3 Å². The molecule has 1 saturated carbocycles. The van der Waals surface area contributed by atoms with Crippen LogP contribution in [0.4, 0.5) is 0 Å². The average Bonchev–Trinajstić information content (AvgIpc) is 2.26. The number of pyridine rings is 1. The Hall–Kier alpha value is -0.850. The van der Waals surface area contributed by atoms with Gasteiger partial charge in [-0.2, -0.15) is 0 Å². The van der Waals surface area contributed by atoms with Crippen LogP contribution < -0.4 is 11.1 Å². The number of guanidine groups is 1. The molecule has 0 atom stereocenters. The van der Waals surface area contributed by atoms with E-state index in [1.54, 1.807) is 6.20 Å². The van der Waals surface area contributed by atoms with Gasteiger partial charge in [-0.3, -0.25) is 4.98 Å². The van der Waals surface area contributed by atoms with Gasteiger partial charge in [-0.1, -0.05) is 12.5 Å². The lowest BCUT2D eigenvalue weighted by Gasteiger charge is -2.25. The number of nitrogens with one attached hydrogen (secondary N) is 1. The minimum atomic E-state index is 0. The summed E-state index contributed by atoms with van der Waals surface area (Å²) in [6.07, 6.45) is 5.78. The fourth-order valence-electron chi connectivity index (χ4n) is 1.85. The largest absolute Gasteiger partial charge is 0.370 e. The van der Waals surface area contributed by atoms with Crippen molar-refractivity contribution in [2.75, 3.05) is 6.54 Å². The highest BCUT2D eigenvalue weighted by molar-refractivity contribution is 14.0. The molecule has 0 amide bonds. The standard InChI is InChI=1S/C13H20N4.HI/c1-10-4-3-7-15-12(10)9-17-13(14)16-8-11-5-2-6-11;/h3-4,7,11H,2,5-6,8-9H2,1H3,(H3,14,16,17);1H. The smallest absolute Gasteiger partial charge is 0.188 e. The maximum Gasteiger partial charge on any atom is 0.188 e. The molecule has 1 aliphatic carbocycles. The Kier molecular flexibility index (Phi) is 6.38. The van der Waals surface area contributed by atoms with Crippen molar-refractivity contribution in [2.45, 2.75) is 32.7 Å². The van der Waals surface area contributed by atoms with Gasteiger partial charge in [-0.25, -0.2) is 4.99 Å². The molecule has 0 unspecified atom stereocenters. The first-order chi connectivity index (χ1) is 8.25. The third-order valence-corrected chi connectivity index (χ3v) is 3.31. The van der Waals surface area contributed by atoms with E-state index < -0.39 is 0 Å². The molecule has 1 aliphatic rings. The van der Waals surface area contributed by atoms with Crippen LogP contribution in [0.3, 0.4) is 0 Å².